The molecule has 0 radical (unpaired) electrons. The van der Waals surface area contributed by atoms with Gasteiger partial charge in [0, 0.05) is 5.39 Å². The van der Waals surface area contributed by atoms with Crippen LogP contribution in [0.4, 0.5) is 8.78 Å². The third-order valence-electron chi connectivity index (χ3n) is 4.30. The van der Waals surface area contributed by atoms with Gasteiger partial charge in [-0.1, -0.05) is 12.1 Å². The molecule has 1 aromatic heterocycles. The Kier molecular flexibility index (Phi) is 3.15. The predicted molar refractivity (Wildman–Crippen MR) is 76.9 cm³/mol. The van der Waals surface area contributed by atoms with Gasteiger partial charge in [0.05, 0.1) is 11.2 Å². The van der Waals surface area contributed by atoms with Crippen LogP contribution in [-0.4, -0.2) is 18.3 Å². The highest BCUT2D eigenvalue weighted by Gasteiger charge is 2.51. The molecule has 0 saturated carbocycles. The number of hydrogen-bond donors (Lipinski definition) is 0. The smallest absolute Gasteiger partial charge is 0.455 e. The summed E-state index contributed by atoms with van der Waals surface area (Å²) in [5.41, 5.74) is 0.363. The minimum Gasteiger partial charge on any atom is -0.455 e. The Morgan fingerprint density at radius 2 is 1.62 bits per heavy atom. The average molecular weight is 294 g/mol. The van der Waals surface area contributed by atoms with Crippen LogP contribution in [0.25, 0.3) is 11.0 Å². The molecule has 0 amide bonds. The van der Waals surface area contributed by atoms with Crippen molar-refractivity contribution in [2.75, 3.05) is 0 Å². The Labute approximate surface area is 122 Å². The third kappa shape index (κ3) is 2.36. The van der Waals surface area contributed by atoms with Crippen LogP contribution in [0.3, 0.4) is 0 Å². The van der Waals surface area contributed by atoms with Crippen LogP contribution in [0.1, 0.15) is 39.9 Å². The zero-order valence-electron chi connectivity index (χ0n) is 12.4. The normalized spacial score (nSPS) is 20.6. The molecule has 0 bridgehead atoms. The van der Waals surface area contributed by atoms with E-state index >= 15 is 0 Å². The van der Waals surface area contributed by atoms with Crippen LogP contribution in [0.5, 0.6) is 0 Å². The van der Waals surface area contributed by atoms with Crippen LogP contribution in [0.15, 0.2) is 28.7 Å². The molecule has 3 nitrogen and oxygen atoms in total. The van der Waals surface area contributed by atoms with E-state index in [1.165, 1.54) is 6.07 Å². The lowest BCUT2D eigenvalue weighted by Gasteiger charge is -2.32. The van der Waals surface area contributed by atoms with Crippen molar-refractivity contribution in [2.45, 2.75) is 45.3 Å². The Hall–Kier alpha value is -1.40. The van der Waals surface area contributed by atoms with Crippen LogP contribution in [-0.2, 0) is 9.31 Å². The van der Waals surface area contributed by atoms with Gasteiger partial charge < -0.3 is 13.7 Å². The van der Waals surface area contributed by atoms with Crippen molar-refractivity contribution in [2.24, 2.45) is 0 Å². The lowest BCUT2D eigenvalue weighted by molar-refractivity contribution is 0.00578. The number of rotatable bonds is 2. The van der Waals surface area contributed by atoms with E-state index in [9.17, 15) is 8.78 Å². The van der Waals surface area contributed by atoms with E-state index in [4.69, 9.17) is 13.7 Å². The average Bonchev–Trinajstić information content (AvgIpc) is 2.88. The standard InChI is InChI=1S/C15H17BF2O3/c1-14(2)15(3,4)21-16(20-14)10-5-6-11-9(7-10)8-12(19-11)13(17)18/h5-8,13H,1-4H3. The van der Waals surface area contributed by atoms with Crippen molar-refractivity contribution in [3.05, 3.63) is 30.0 Å². The molecule has 112 valence electrons. The quantitative estimate of drug-likeness (QED) is 0.792. The SMILES string of the molecule is CC1(C)OB(c2ccc3oc(C(F)F)cc3c2)OC1(C)C. The molecule has 1 fully saturated rings. The Balaban J connectivity index is 1.95. The molecule has 6 heteroatoms. The van der Waals surface area contributed by atoms with E-state index in [-0.39, 0.29) is 5.76 Å². The molecule has 0 aliphatic carbocycles. The van der Waals surface area contributed by atoms with E-state index in [1.807, 2.05) is 27.7 Å². The van der Waals surface area contributed by atoms with E-state index in [0.29, 0.717) is 11.0 Å². The van der Waals surface area contributed by atoms with Crippen LogP contribution in [0, 0.1) is 0 Å². The van der Waals surface area contributed by atoms with Gasteiger partial charge in [-0.2, -0.15) is 0 Å². The molecule has 21 heavy (non-hydrogen) atoms. The van der Waals surface area contributed by atoms with E-state index in [0.717, 1.165) is 5.46 Å². The first-order chi connectivity index (χ1) is 9.69. The molecule has 0 spiro atoms. The summed E-state index contributed by atoms with van der Waals surface area (Å²) in [5, 5.41) is 0.623. The summed E-state index contributed by atoms with van der Waals surface area (Å²) in [6, 6.07) is 6.58. The number of benzene rings is 1. The maximum absolute atomic E-state index is 12.7. The second-order valence-electron chi connectivity index (χ2n) is 6.33. The number of hydrogen-bond acceptors (Lipinski definition) is 3. The Bertz CT molecular complexity index is 663. The molecule has 2 heterocycles. The van der Waals surface area contributed by atoms with Crippen molar-refractivity contribution >= 4 is 23.6 Å². The fraction of sp³-hybridized carbons (Fsp3) is 0.467. The second-order valence-corrected chi connectivity index (χ2v) is 6.33. The highest BCUT2D eigenvalue weighted by Crippen LogP contribution is 2.36. The van der Waals surface area contributed by atoms with Gasteiger partial charge in [-0.25, -0.2) is 8.78 Å². The molecule has 0 unspecified atom stereocenters. The summed E-state index contributed by atoms with van der Waals surface area (Å²) in [6.45, 7) is 7.88. The van der Waals surface area contributed by atoms with E-state index < -0.39 is 24.7 Å². The van der Waals surface area contributed by atoms with Gasteiger partial charge in [0.2, 0.25) is 0 Å². The second kappa shape index (κ2) is 4.55. The van der Waals surface area contributed by atoms with Gasteiger partial charge in [-0.15, -0.1) is 0 Å². The van der Waals surface area contributed by atoms with E-state index in [2.05, 4.69) is 0 Å². The van der Waals surface area contributed by atoms with Crippen molar-refractivity contribution in [3.8, 4) is 0 Å². The number of fused-ring (bicyclic) bond motifs is 1. The largest absolute Gasteiger partial charge is 0.494 e. The summed E-state index contributed by atoms with van der Waals surface area (Å²) >= 11 is 0. The topological polar surface area (TPSA) is 31.6 Å². The first-order valence-electron chi connectivity index (χ1n) is 6.87. The molecule has 1 saturated heterocycles. The Morgan fingerprint density at radius 1 is 1.00 bits per heavy atom. The molecule has 1 aliphatic heterocycles. The fourth-order valence-corrected chi connectivity index (χ4v) is 2.32. The molecule has 3 rings (SSSR count). The van der Waals surface area contributed by atoms with Crippen molar-refractivity contribution in [1.29, 1.82) is 0 Å². The summed E-state index contributed by atoms with van der Waals surface area (Å²) < 4.78 is 42.3. The van der Waals surface area contributed by atoms with Crippen LogP contribution < -0.4 is 5.46 Å². The van der Waals surface area contributed by atoms with Gasteiger partial charge >= 0.3 is 7.12 Å². The molecular weight excluding hydrogens is 277 g/mol. The van der Waals surface area contributed by atoms with Crippen LogP contribution in [0.2, 0.25) is 0 Å². The highest BCUT2D eigenvalue weighted by atomic mass is 19.3. The molecular formula is C15H17BF2O3. The van der Waals surface area contributed by atoms with Crippen molar-refractivity contribution in [3.63, 3.8) is 0 Å². The van der Waals surface area contributed by atoms with Crippen molar-refractivity contribution < 1.29 is 22.5 Å². The summed E-state index contributed by atoms with van der Waals surface area (Å²) in [7, 11) is -0.510. The molecule has 1 aliphatic rings. The van der Waals surface area contributed by atoms with Crippen LogP contribution >= 0.6 is 0 Å². The van der Waals surface area contributed by atoms with Gasteiger partial charge in [0.25, 0.3) is 6.43 Å². The molecule has 2 aromatic rings. The minimum absolute atomic E-state index is 0.323. The fourth-order valence-electron chi connectivity index (χ4n) is 2.32. The highest BCUT2D eigenvalue weighted by molar-refractivity contribution is 6.62. The number of furan rings is 1. The summed E-state index contributed by atoms with van der Waals surface area (Å²) in [5.74, 6) is -0.323. The maximum Gasteiger partial charge on any atom is 0.494 e. The number of alkyl halides is 2. The summed E-state index contributed by atoms with van der Waals surface area (Å²) in [4.78, 5) is 0. The lowest BCUT2D eigenvalue weighted by atomic mass is 9.79. The number of halogens is 2. The predicted octanol–water partition coefficient (Wildman–Crippen LogP) is 3.67. The maximum atomic E-state index is 12.7. The minimum atomic E-state index is -2.61. The van der Waals surface area contributed by atoms with E-state index in [1.54, 1.807) is 18.2 Å². The molecule has 0 N–H and O–H groups in total. The summed E-state index contributed by atoms with van der Waals surface area (Å²) in [6.07, 6.45) is -2.61. The lowest BCUT2D eigenvalue weighted by Crippen LogP contribution is -2.41. The van der Waals surface area contributed by atoms with Gasteiger partial charge in [-0.05, 0) is 45.3 Å². The zero-order chi connectivity index (χ0) is 15.4. The molecule has 0 atom stereocenters. The zero-order valence-corrected chi connectivity index (χ0v) is 12.4. The van der Waals surface area contributed by atoms with Gasteiger partial charge in [0.15, 0.2) is 5.76 Å². The first-order valence-corrected chi connectivity index (χ1v) is 6.87. The first kappa shape index (κ1) is 14.5. The third-order valence-corrected chi connectivity index (χ3v) is 4.30. The van der Waals surface area contributed by atoms with Gasteiger partial charge in [-0.3, -0.25) is 0 Å². The Morgan fingerprint density at radius 3 is 2.19 bits per heavy atom. The van der Waals surface area contributed by atoms with Gasteiger partial charge in [0.1, 0.15) is 5.58 Å². The monoisotopic (exact) mass is 294 g/mol. The van der Waals surface area contributed by atoms with Crippen molar-refractivity contribution in [1.82, 2.24) is 0 Å². The molecule has 1 aromatic carbocycles.